The third-order valence-corrected chi connectivity index (χ3v) is 4.09. The van der Waals surface area contributed by atoms with Gasteiger partial charge in [-0.3, -0.25) is 0 Å². The minimum absolute atomic E-state index is 0.0985. The van der Waals surface area contributed by atoms with E-state index in [0.717, 1.165) is 18.5 Å². The van der Waals surface area contributed by atoms with Crippen LogP contribution in [0.2, 0.25) is 0 Å². The maximum absolute atomic E-state index is 13.3. The summed E-state index contributed by atoms with van der Waals surface area (Å²) in [6, 6.07) is 6.20. The Bertz CT molecular complexity index is 402. The molecule has 2 heteroatoms. The Morgan fingerprint density at radius 2 is 2.24 bits per heavy atom. The van der Waals surface area contributed by atoms with Gasteiger partial charge in [-0.25, -0.2) is 4.39 Å². The minimum Gasteiger partial charge on any atom is -0.314 e. The summed E-state index contributed by atoms with van der Waals surface area (Å²) in [5.74, 6) is -0.0985. The molecule has 0 aliphatic heterocycles. The van der Waals surface area contributed by atoms with Crippen LogP contribution in [-0.2, 0) is 5.41 Å². The van der Waals surface area contributed by atoms with E-state index in [9.17, 15) is 4.39 Å². The average molecular weight is 235 g/mol. The first-order valence-electron chi connectivity index (χ1n) is 6.55. The molecule has 0 amide bonds. The molecule has 0 spiro atoms. The van der Waals surface area contributed by atoms with Gasteiger partial charge >= 0.3 is 0 Å². The molecule has 1 aliphatic carbocycles. The molecule has 1 N–H and O–H groups in total. The van der Waals surface area contributed by atoms with Crippen molar-refractivity contribution in [3.05, 3.63) is 35.1 Å². The third kappa shape index (κ3) is 2.52. The molecule has 0 saturated heterocycles. The zero-order chi connectivity index (χ0) is 12.5. The van der Waals surface area contributed by atoms with Crippen molar-refractivity contribution in [3.63, 3.8) is 0 Å². The standard InChI is InChI=1S/C15H22FN/c1-4-17-13-7-8-15(3,10-13)12-5-6-14(16)11(2)9-12/h5-6,9,13,17H,4,7-8,10H2,1-3H3. The highest BCUT2D eigenvalue weighted by atomic mass is 19.1. The number of halogens is 1. The molecule has 2 unspecified atom stereocenters. The number of rotatable bonds is 3. The predicted octanol–water partition coefficient (Wildman–Crippen LogP) is 3.55. The summed E-state index contributed by atoms with van der Waals surface area (Å²) in [5.41, 5.74) is 2.26. The molecule has 94 valence electrons. The molecular formula is C15H22FN. The summed E-state index contributed by atoms with van der Waals surface area (Å²) in [7, 11) is 0. The fourth-order valence-electron chi connectivity index (χ4n) is 2.99. The molecule has 2 atom stereocenters. The van der Waals surface area contributed by atoms with Crippen molar-refractivity contribution in [2.45, 2.75) is 51.5 Å². The monoisotopic (exact) mass is 235 g/mol. The second kappa shape index (κ2) is 4.77. The maximum atomic E-state index is 13.3. The first kappa shape index (κ1) is 12.6. The molecule has 0 radical (unpaired) electrons. The van der Waals surface area contributed by atoms with Gasteiger partial charge in [-0.1, -0.05) is 26.0 Å². The second-order valence-corrected chi connectivity index (χ2v) is 5.52. The van der Waals surface area contributed by atoms with Crippen LogP contribution in [0.3, 0.4) is 0 Å². The topological polar surface area (TPSA) is 12.0 Å². The largest absolute Gasteiger partial charge is 0.314 e. The van der Waals surface area contributed by atoms with Crippen LogP contribution in [0.5, 0.6) is 0 Å². The van der Waals surface area contributed by atoms with Crippen LogP contribution in [0.4, 0.5) is 4.39 Å². The molecule has 1 saturated carbocycles. The molecule has 17 heavy (non-hydrogen) atoms. The van der Waals surface area contributed by atoms with Gasteiger partial charge in [0.25, 0.3) is 0 Å². The molecular weight excluding hydrogens is 213 g/mol. The Morgan fingerprint density at radius 1 is 1.47 bits per heavy atom. The molecule has 2 rings (SSSR count). The van der Waals surface area contributed by atoms with Gasteiger partial charge in [-0.15, -0.1) is 0 Å². The van der Waals surface area contributed by atoms with Crippen LogP contribution in [0, 0.1) is 12.7 Å². The lowest BCUT2D eigenvalue weighted by Gasteiger charge is -2.25. The van der Waals surface area contributed by atoms with Crippen LogP contribution < -0.4 is 5.32 Å². The normalized spacial score (nSPS) is 28.6. The van der Waals surface area contributed by atoms with Crippen molar-refractivity contribution in [3.8, 4) is 0 Å². The SMILES string of the molecule is CCNC1CCC(C)(c2ccc(F)c(C)c2)C1. The van der Waals surface area contributed by atoms with Crippen LogP contribution in [0.1, 0.15) is 44.2 Å². The summed E-state index contributed by atoms with van der Waals surface area (Å²) >= 11 is 0. The Kier molecular flexibility index (Phi) is 3.53. The first-order valence-corrected chi connectivity index (χ1v) is 6.55. The molecule has 1 fully saturated rings. The summed E-state index contributed by atoms with van der Waals surface area (Å²) in [6.07, 6.45) is 3.57. The number of hydrogen-bond donors (Lipinski definition) is 1. The zero-order valence-electron chi connectivity index (χ0n) is 11.0. The van der Waals surface area contributed by atoms with E-state index in [1.165, 1.54) is 18.4 Å². The number of nitrogens with one attached hydrogen (secondary N) is 1. The minimum atomic E-state index is -0.0985. The van der Waals surface area contributed by atoms with Crippen LogP contribution >= 0.6 is 0 Å². The van der Waals surface area contributed by atoms with E-state index in [1.807, 2.05) is 19.1 Å². The molecule has 0 bridgehead atoms. The van der Waals surface area contributed by atoms with E-state index in [-0.39, 0.29) is 11.2 Å². The Hall–Kier alpha value is -0.890. The van der Waals surface area contributed by atoms with Crippen molar-refractivity contribution in [2.24, 2.45) is 0 Å². The molecule has 1 nitrogen and oxygen atoms in total. The highest BCUT2D eigenvalue weighted by Gasteiger charge is 2.36. The van der Waals surface area contributed by atoms with Gasteiger partial charge in [0.1, 0.15) is 5.82 Å². The van der Waals surface area contributed by atoms with Crippen molar-refractivity contribution in [1.29, 1.82) is 0 Å². The van der Waals surface area contributed by atoms with Gasteiger partial charge in [-0.2, -0.15) is 0 Å². The van der Waals surface area contributed by atoms with E-state index in [4.69, 9.17) is 0 Å². The lowest BCUT2D eigenvalue weighted by Crippen LogP contribution is -2.28. The van der Waals surface area contributed by atoms with Crippen LogP contribution in [0.15, 0.2) is 18.2 Å². The van der Waals surface area contributed by atoms with Gasteiger partial charge in [-0.05, 0) is 55.3 Å². The second-order valence-electron chi connectivity index (χ2n) is 5.52. The van der Waals surface area contributed by atoms with Gasteiger partial charge in [0.15, 0.2) is 0 Å². The first-order chi connectivity index (χ1) is 8.05. The summed E-state index contributed by atoms with van der Waals surface area (Å²) in [5, 5.41) is 3.52. The van der Waals surface area contributed by atoms with Crippen molar-refractivity contribution in [1.82, 2.24) is 5.32 Å². The van der Waals surface area contributed by atoms with Gasteiger partial charge < -0.3 is 5.32 Å². The summed E-state index contributed by atoms with van der Waals surface area (Å²) in [6.45, 7) is 7.33. The average Bonchev–Trinajstić information content (AvgIpc) is 2.66. The van der Waals surface area contributed by atoms with Crippen molar-refractivity contribution in [2.75, 3.05) is 6.54 Å². The predicted molar refractivity (Wildman–Crippen MR) is 69.8 cm³/mol. The lowest BCUT2D eigenvalue weighted by molar-refractivity contribution is 0.456. The van der Waals surface area contributed by atoms with Gasteiger partial charge in [0.05, 0.1) is 0 Å². The Balaban J connectivity index is 2.18. The highest BCUT2D eigenvalue weighted by Crippen LogP contribution is 2.41. The molecule has 1 aromatic carbocycles. The molecule has 0 aromatic heterocycles. The third-order valence-electron chi connectivity index (χ3n) is 4.09. The quantitative estimate of drug-likeness (QED) is 0.844. The molecule has 0 heterocycles. The van der Waals surface area contributed by atoms with Crippen LogP contribution in [0.25, 0.3) is 0 Å². The van der Waals surface area contributed by atoms with E-state index in [1.54, 1.807) is 6.07 Å². The molecule has 1 aromatic rings. The fraction of sp³-hybridized carbons (Fsp3) is 0.600. The summed E-state index contributed by atoms with van der Waals surface area (Å²) in [4.78, 5) is 0. The fourth-order valence-corrected chi connectivity index (χ4v) is 2.99. The number of benzene rings is 1. The van der Waals surface area contributed by atoms with E-state index >= 15 is 0 Å². The van der Waals surface area contributed by atoms with E-state index in [0.29, 0.717) is 6.04 Å². The Labute approximate surface area is 103 Å². The summed E-state index contributed by atoms with van der Waals surface area (Å²) < 4.78 is 13.3. The smallest absolute Gasteiger partial charge is 0.126 e. The Morgan fingerprint density at radius 3 is 2.88 bits per heavy atom. The van der Waals surface area contributed by atoms with Crippen molar-refractivity contribution < 1.29 is 4.39 Å². The highest BCUT2D eigenvalue weighted by molar-refractivity contribution is 5.31. The van der Waals surface area contributed by atoms with Gasteiger partial charge in [0, 0.05) is 6.04 Å². The maximum Gasteiger partial charge on any atom is 0.126 e. The van der Waals surface area contributed by atoms with Crippen LogP contribution in [-0.4, -0.2) is 12.6 Å². The number of aryl methyl sites for hydroxylation is 1. The number of hydrogen-bond acceptors (Lipinski definition) is 1. The van der Waals surface area contributed by atoms with E-state index in [2.05, 4.69) is 19.2 Å². The van der Waals surface area contributed by atoms with Crippen molar-refractivity contribution >= 4 is 0 Å². The zero-order valence-corrected chi connectivity index (χ0v) is 11.0. The molecule has 1 aliphatic rings. The lowest BCUT2D eigenvalue weighted by atomic mass is 9.80. The van der Waals surface area contributed by atoms with Gasteiger partial charge in [0.2, 0.25) is 0 Å². The van der Waals surface area contributed by atoms with E-state index < -0.39 is 0 Å².